The fourth-order valence-electron chi connectivity index (χ4n) is 0.825. The van der Waals surface area contributed by atoms with E-state index in [-0.39, 0.29) is 0 Å². The van der Waals surface area contributed by atoms with Gasteiger partial charge in [-0.1, -0.05) is 0 Å². The van der Waals surface area contributed by atoms with Crippen LogP contribution in [-0.2, 0) is 0 Å². The molecule has 0 unspecified atom stereocenters. The maximum absolute atomic E-state index is 10.9. The van der Waals surface area contributed by atoms with Gasteiger partial charge in [-0.15, -0.1) is 0 Å². The molecule has 0 saturated heterocycles. The summed E-state index contributed by atoms with van der Waals surface area (Å²) >= 11 is 4.01. The van der Waals surface area contributed by atoms with Gasteiger partial charge in [-0.05, 0) is 0 Å². The van der Waals surface area contributed by atoms with Crippen molar-refractivity contribution in [1.82, 2.24) is 9.97 Å². The number of hydrogen-bond donors (Lipinski definition) is 3. The van der Waals surface area contributed by atoms with Crippen molar-refractivity contribution in [2.75, 3.05) is 17.6 Å². The first-order valence-corrected chi connectivity index (χ1v) is 4.33. The fourth-order valence-corrected chi connectivity index (χ4v) is 0.937. The number of aromatic nitrogens is 2. The number of hydrogen-bond acceptors (Lipinski definition) is 5. The van der Waals surface area contributed by atoms with Crippen LogP contribution < -0.4 is 11.1 Å². The lowest BCUT2D eigenvalue weighted by Crippen LogP contribution is -2.16. The van der Waals surface area contributed by atoms with Crippen LogP contribution in [0, 0.1) is 0 Å². The first kappa shape index (κ1) is 9.79. The lowest BCUT2D eigenvalue weighted by molar-refractivity contribution is 0.100. The third-order valence-corrected chi connectivity index (χ3v) is 1.61. The molecule has 13 heavy (non-hydrogen) atoms. The number of rotatable bonds is 4. The summed E-state index contributed by atoms with van der Waals surface area (Å²) in [5.41, 5.74) is 5.40. The van der Waals surface area contributed by atoms with E-state index in [1.807, 2.05) is 0 Å². The fraction of sp³-hybridized carbons (Fsp3) is 0.286. The largest absolute Gasteiger partial charge is 0.368 e. The van der Waals surface area contributed by atoms with Crippen LogP contribution in [-0.4, -0.2) is 28.2 Å². The van der Waals surface area contributed by atoms with Crippen LogP contribution in [0.15, 0.2) is 12.5 Å². The number of anilines is 1. The van der Waals surface area contributed by atoms with Gasteiger partial charge < -0.3 is 11.1 Å². The molecule has 0 aliphatic heterocycles. The summed E-state index contributed by atoms with van der Waals surface area (Å²) in [6, 6.07) is 0. The Morgan fingerprint density at radius 1 is 1.69 bits per heavy atom. The minimum Gasteiger partial charge on any atom is -0.368 e. The highest BCUT2D eigenvalue weighted by molar-refractivity contribution is 7.80. The minimum atomic E-state index is -0.540. The third-order valence-electron chi connectivity index (χ3n) is 1.38. The molecule has 0 aliphatic carbocycles. The molecule has 1 aromatic rings. The molecule has 1 rings (SSSR count). The molecule has 1 aromatic heterocycles. The first-order valence-electron chi connectivity index (χ1n) is 3.70. The average Bonchev–Trinajstić information content (AvgIpc) is 2.15. The van der Waals surface area contributed by atoms with Crippen LogP contribution in [0.4, 0.5) is 5.82 Å². The molecule has 3 N–H and O–H groups in total. The number of nitrogens with one attached hydrogen (secondary N) is 1. The lowest BCUT2D eigenvalue weighted by Gasteiger charge is -2.05. The summed E-state index contributed by atoms with van der Waals surface area (Å²) in [4.78, 5) is 18.5. The maximum atomic E-state index is 10.9. The van der Waals surface area contributed by atoms with Gasteiger partial charge in [0.25, 0.3) is 5.91 Å². The summed E-state index contributed by atoms with van der Waals surface area (Å²) in [5, 5.41) is 2.92. The quantitative estimate of drug-likeness (QED) is 0.591. The van der Waals surface area contributed by atoms with Crippen LogP contribution >= 0.6 is 12.6 Å². The second-order valence-corrected chi connectivity index (χ2v) is 2.75. The van der Waals surface area contributed by atoms with Gasteiger partial charge in [-0.25, -0.2) is 9.97 Å². The van der Waals surface area contributed by atoms with Crippen LogP contribution in [0.1, 0.15) is 10.4 Å². The molecule has 70 valence electrons. The number of nitrogens with two attached hydrogens (primary N) is 1. The van der Waals surface area contributed by atoms with E-state index in [4.69, 9.17) is 5.73 Å². The van der Waals surface area contributed by atoms with Gasteiger partial charge in [0, 0.05) is 18.5 Å². The Morgan fingerprint density at radius 2 is 2.46 bits per heavy atom. The molecule has 0 bridgehead atoms. The summed E-state index contributed by atoms with van der Waals surface area (Å²) in [6.45, 7) is 0.625. The van der Waals surface area contributed by atoms with Gasteiger partial charge in [0.15, 0.2) is 0 Å². The van der Waals surface area contributed by atoms with E-state index in [2.05, 4.69) is 27.9 Å². The van der Waals surface area contributed by atoms with E-state index in [0.717, 1.165) is 0 Å². The molecule has 0 atom stereocenters. The molecule has 6 heteroatoms. The smallest absolute Gasteiger partial charge is 0.254 e. The van der Waals surface area contributed by atoms with Crippen molar-refractivity contribution in [2.45, 2.75) is 0 Å². The van der Waals surface area contributed by atoms with Crippen molar-refractivity contribution in [2.24, 2.45) is 5.73 Å². The molecule has 5 nitrogen and oxygen atoms in total. The Bertz CT molecular complexity index is 304. The molecule has 1 amide bonds. The lowest BCUT2D eigenvalue weighted by atomic mass is 10.3. The SMILES string of the molecule is NC(=O)c1cncnc1NCCS. The molecule has 0 fully saturated rings. The summed E-state index contributed by atoms with van der Waals surface area (Å²) < 4.78 is 0. The first-order chi connectivity index (χ1) is 6.25. The van der Waals surface area contributed by atoms with Crippen LogP contribution in [0.3, 0.4) is 0 Å². The van der Waals surface area contributed by atoms with E-state index >= 15 is 0 Å². The average molecular weight is 198 g/mol. The number of carbonyl (C=O) groups is 1. The topological polar surface area (TPSA) is 80.9 Å². The minimum absolute atomic E-state index is 0.296. The number of amides is 1. The molecule has 0 aliphatic rings. The van der Waals surface area contributed by atoms with Crippen molar-refractivity contribution in [3.05, 3.63) is 18.1 Å². The van der Waals surface area contributed by atoms with Gasteiger partial charge in [0.1, 0.15) is 12.1 Å². The van der Waals surface area contributed by atoms with Crippen molar-refractivity contribution in [3.63, 3.8) is 0 Å². The molecule has 0 aromatic carbocycles. The Kier molecular flexibility index (Phi) is 3.51. The monoisotopic (exact) mass is 198 g/mol. The van der Waals surface area contributed by atoms with Crippen molar-refractivity contribution >= 4 is 24.4 Å². The molecule has 0 saturated carbocycles. The highest BCUT2D eigenvalue weighted by Gasteiger charge is 2.07. The molecule has 0 spiro atoms. The predicted molar refractivity (Wildman–Crippen MR) is 52.9 cm³/mol. The van der Waals surface area contributed by atoms with E-state index in [1.165, 1.54) is 12.5 Å². The zero-order valence-corrected chi connectivity index (χ0v) is 7.79. The van der Waals surface area contributed by atoms with Crippen LogP contribution in [0.25, 0.3) is 0 Å². The van der Waals surface area contributed by atoms with Crippen LogP contribution in [0.2, 0.25) is 0 Å². The summed E-state index contributed by atoms with van der Waals surface area (Å²) in [5.74, 6) is 0.571. The predicted octanol–water partition coefficient (Wildman–Crippen LogP) is -0.0828. The Balaban J connectivity index is 2.84. The third kappa shape index (κ3) is 2.59. The highest BCUT2D eigenvalue weighted by atomic mass is 32.1. The Morgan fingerprint density at radius 3 is 3.08 bits per heavy atom. The van der Waals surface area contributed by atoms with E-state index in [0.29, 0.717) is 23.7 Å². The number of primary amides is 1. The molecule has 1 heterocycles. The summed E-state index contributed by atoms with van der Waals surface area (Å²) in [7, 11) is 0. The molecular weight excluding hydrogens is 188 g/mol. The van der Waals surface area contributed by atoms with E-state index < -0.39 is 5.91 Å². The van der Waals surface area contributed by atoms with Crippen molar-refractivity contribution < 1.29 is 4.79 Å². The second kappa shape index (κ2) is 4.66. The number of nitrogens with zero attached hydrogens (tertiary/aromatic N) is 2. The van der Waals surface area contributed by atoms with Gasteiger partial charge in [0.2, 0.25) is 0 Å². The van der Waals surface area contributed by atoms with Gasteiger partial charge in [-0.3, -0.25) is 4.79 Å². The van der Waals surface area contributed by atoms with Crippen LogP contribution in [0.5, 0.6) is 0 Å². The van der Waals surface area contributed by atoms with Crippen molar-refractivity contribution in [1.29, 1.82) is 0 Å². The Labute approximate surface area is 81.2 Å². The highest BCUT2D eigenvalue weighted by Crippen LogP contribution is 2.07. The second-order valence-electron chi connectivity index (χ2n) is 2.30. The van der Waals surface area contributed by atoms with Gasteiger partial charge in [0.05, 0.1) is 5.56 Å². The zero-order valence-electron chi connectivity index (χ0n) is 6.90. The zero-order chi connectivity index (χ0) is 9.68. The molecular formula is C7H10N4OS. The molecule has 0 radical (unpaired) electrons. The van der Waals surface area contributed by atoms with Crippen molar-refractivity contribution in [3.8, 4) is 0 Å². The summed E-state index contributed by atoms with van der Waals surface area (Å²) in [6.07, 6.45) is 2.74. The Hall–Kier alpha value is -1.30. The number of thiol groups is 1. The normalized spacial score (nSPS) is 9.62. The standard InChI is InChI=1S/C7H10N4OS/c8-6(12)5-3-9-4-11-7(5)10-1-2-13/h3-4,13H,1-2H2,(H2,8,12)(H,9,10,11). The maximum Gasteiger partial charge on any atom is 0.254 e. The van der Waals surface area contributed by atoms with E-state index in [1.54, 1.807) is 0 Å². The van der Waals surface area contributed by atoms with E-state index in [9.17, 15) is 4.79 Å². The van der Waals surface area contributed by atoms with Gasteiger partial charge in [-0.2, -0.15) is 12.6 Å². The number of carbonyl (C=O) groups excluding carboxylic acids is 1. The van der Waals surface area contributed by atoms with Gasteiger partial charge >= 0.3 is 0 Å².